The Morgan fingerprint density at radius 1 is 1.00 bits per heavy atom. The zero-order chi connectivity index (χ0) is 22.4. The molecule has 0 bridgehead atoms. The van der Waals surface area contributed by atoms with Gasteiger partial charge in [0.25, 0.3) is 0 Å². The number of esters is 2. The minimum absolute atomic E-state index is 0.0196. The first-order valence-corrected chi connectivity index (χ1v) is 9.17. The summed E-state index contributed by atoms with van der Waals surface area (Å²) in [6.45, 7) is 4.62. The first-order valence-electron chi connectivity index (χ1n) is 9.17. The molecule has 3 N–H and O–H groups in total. The van der Waals surface area contributed by atoms with Gasteiger partial charge in [0.15, 0.2) is 0 Å². The Morgan fingerprint density at radius 2 is 1.47 bits per heavy atom. The molecule has 0 saturated carbocycles. The largest absolute Gasteiger partial charge is 0.462 e. The highest BCUT2D eigenvalue weighted by Crippen LogP contribution is 2.41. The highest BCUT2D eigenvalue weighted by molar-refractivity contribution is 6.18. The number of rotatable bonds is 7. The number of fused-ring (bicyclic) bond motifs is 1. The summed E-state index contributed by atoms with van der Waals surface area (Å²) in [7, 11) is 0. The minimum Gasteiger partial charge on any atom is -0.462 e. The van der Waals surface area contributed by atoms with E-state index in [9.17, 15) is 24.4 Å². The van der Waals surface area contributed by atoms with E-state index < -0.39 is 29.7 Å². The molecule has 30 heavy (non-hydrogen) atoms. The molecule has 1 atom stereocenters. The number of ether oxygens (including phenoxy) is 2. The van der Waals surface area contributed by atoms with Crippen LogP contribution >= 0.6 is 0 Å². The number of nitrogens with zero attached hydrogens (tertiary/aromatic N) is 1. The van der Waals surface area contributed by atoms with Gasteiger partial charge in [0.2, 0.25) is 11.8 Å². The number of carbonyl (C=O) groups excluding carboxylic acids is 4. The Hall–Kier alpha value is -3.93. The number of hydrogen-bond acceptors (Lipinski definition) is 7. The van der Waals surface area contributed by atoms with Crippen LogP contribution in [-0.4, -0.2) is 37.0 Å². The van der Waals surface area contributed by atoms with E-state index in [0.717, 1.165) is 0 Å². The van der Waals surface area contributed by atoms with Crippen molar-refractivity contribution >= 4 is 29.4 Å². The van der Waals surface area contributed by atoms with Crippen molar-refractivity contribution < 1.29 is 28.7 Å². The number of hydrogen-bond donors (Lipinski definition) is 2. The van der Waals surface area contributed by atoms with E-state index in [1.165, 1.54) is 31.2 Å². The molecule has 1 unspecified atom stereocenters. The number of carbonyl (C=O) groups is 4. The van der Waals surface area contributed by atoms with Crippen LogP contribution < -0.4 is 11.1 Å². The molecule has 9 heteroatoms. The molecule has 2 aliphatic rings. The third-order valence-corrected chi connectivity index (χ3v) is 4.22. The third kappa shape index (κ3) is 4.38. The first-order chi connectivity index (χ1) is 14.3. The van der Waals surface area contributed by atoms with E-state index in [1.807, 2.05) is 6.07 Å². The van der Waals surface area contributed by atoms with Gasteiger partial charge in [0.05, 0.1) is 36.1 Å². The van der Waals surface area contributed by atoms with Crippen LogP contribution in [0, 0.1) is 11.3 Å². The van der Waals surface area contributed by atoms with Crippen molar-refractivity contribution in [2.45, 2.75) is 26.7 Å². The molecule has 0 spiro atoms. The van der Waals surface area contributed by atoms with Crippen LogP contribution in [0.3, 0.4) is 0 Å². The number of nitrogens with one attached hydrogen (secondary N) is 1. The van der Waals surface area contributed by atoms with Gasteiger partial charge in [-0.05, 0) is 30.5 Å². The number of nitriles is 1. The van der Waals surface area contributed by atoms with E-state index >= 15 is 0 Å². The van der Waals surface area contributed by atoms with Crippen LogP contribution in [0.1, 0.15) is 53.0 Å². The predicted molar refractivity (Wildman–Crippen MR) is 107 cm³/mol. The fourth-order valence-electron chi connectivity index (χ4n) is 3.05. The molecule has 9 nitrogen and oxygen atoms in total. The molecular weight excluding hydrogens is 390 g/mol. The van der Waals surface area contributed by atoms with Crippen molar-refractivity contribution in [1.82, 2.24) is 0 Å². The number of anilines is 1. The quantitative estimate of drug-likeness (QED) is 0.663. The summed E-state index contributed by atoms with van der Waals surface area (Å²) in [5.74, 6) is -4.04. The van der Waals surface area contributed by atoms with Crippen LogP contribution in [0.2, 0.25) is 0 Å². The highest BCUT2D eigenvalue weighted by atomic mass is 16.5. The van der Waals surface area contributed by atoms with Crippen molar-refractivity contribution in [2.24, 2.45) is 5.73 Å². The molecule has 0 fully saturated rings. The lowest BCUT2D eigenvalue weighted by molar-refractivity contribution is -0.118. The molecule has 0 aromatic rings. The van der Waals surface area contributed by atoms with Gasteiger partial charge in [-0.15, -0.1) is 0 Å². The second-order valence-electron chi connectivity index (χ2n) is 6.21. The van der Waals surface area contributed by atoms with Crippen molar-refractivity contribution in [2.75, 3.05) is 18.5 Å². The maximum Gasteiger partial charge on any atom is 0.340 e. The van der Waals surface area contributed by atoms with Gasteiger partial charge >= 0.3 is 11.9 Å². The second kappa shape index (κ2) is 9.52. The number of nitrogens with two attached hydrogens (primary N) is 1. The summed E-state index contributed by atoms with van der Waals surface area (Å²) in [6, 6.07) is 7.67. The van der Waals surface area contributed by atoms with Crippen LogP contribution in [0.4, 0.5) is 5.69 Å². The Bertz CT molecular complexity index is 968. The summed E-state index contributed by atoms with van der Waals surface area (Å²) in [6.07, 6.45) is 0. The lowest BCUT2D eigenvalue weighted by Gasteiger charge is -2.08. The molecule has 0 aromatic heterocycles. The molecule has 156 valence electrons. The fourth-order valence-corrected chi connectivity index (χ4v) is 3.05. The van der Waals surface area contributed by atoms with Crippen LogP contribution in [-0.2, 0) is 19.1 Å². The zero-order valence-electron chi connectivity index (χ0n) is 16.8. The fraction of sp³-hybridized carbons (Fsp3) is 0.286. The summed E-state index contributed by atoms with van der Waals surface area (Å²) < 4.78 is 10.2. The summed E-state index contributed by atoms with van der Waals surface area (Å²) in [4.78, 5) is 48.7. The average molecular weight is 411 g/mol. The van der Waals surface area contributed by atoms with Crippen molar-refractivity contribution in [3.05, 3.63) is 41.0 Å². The summed E-state index contributed by atoms with van der Waals surface area (Å²) in [5.41, 5.74) is 6.06. The molecule has 0 radical (unpaired) electrons. The molecule has 2 aliphatic carbocycles. The maximum atomic E-state index is 12.7. The molecule has 0 aliphatic heterocycles. The SMILES string of the molecule is CCOC(=O)c1c2ccc(C(C#N)C(N)=O)ccc-2c(C(=O)OCC)c1NC(C)=O. The van der Waals surface area contributed by atoms with Gasteiger partial charge in [0.1, 0.15) is 5.92 Å². The second-order valence-corrected chi connectivity index (χ2v) is 6.21. The first kappa shape index (κ1) is 22.4. The monoisotopic (exact) mass is 411 g/mol. The molecule has 0 saturated heterocycles. The Balaban J connectivity index is 2.89. The Kier molecular flexibility index (Phi) is 7.09. The Labute approximate surface area is 173 Å². The van der Waals surface area contributed by atoms with E-state index in [0.29, 0.717) is 0 Å². The molecular formula is C21H21N3O6. The predicted octanol–water partition coefficient (Wildman–Crippen LogP) is 2.20. The van der Waals surface area contributed by atoms with E-state index in [2.05, 4.69) is 5.32 Å². The van der Waals surface area contributed by atoms with Crippen molar-refractivity contribution in [1.29, 1.82) is 5.26 Å². The lowest BCUT2D eigenvalue weighted by atomic mass is 10.0. The van der Waals surface area contributed by atoms with Crippen LogP contribution in [0.5, 0.6) is 0 Å². The molecule has 0 heterocycles. The zero-order valence-corrected chi connectivity index (χ0v) is 16.8. The third-order valence-electron chi connectivity index (χ3n) is 4.22. The number of primary amides is 1. The molecule has 2 amide bonds. The van der Waals surface area contributed by atoms with Gasteiger partial charge < -0.3 is 20.5 Å². The average Bonchev–Trinajstić information content (AvgIpc) is 2.81. The summed E-state index contributed by atoms with van der Waals surface area (Å²) >= 11 is 0. The highest BCUT2D eigenvalue weighted by Gasteiger charge is 2.33. The smallest absolute Gasteiger partial charge is 0.340 e. The van der Waals surface area contributed by atoms with Crippen LogP contribution in [0.15, 0.2) is 24.3 Å². The molecule has 2 rings (SSSR count). The number of amides is 2. The van der Waals surface area contributed by atoms with Gasteiger partial charge in [-0.2, -0.15) is 5.26 Å². The van der Waals surface area contributed by atoms with Crippen molar-refractivity contribution in [3.8, 4) is 17.2 Å². The molecule has 0 aromatic carbocycles. The van der Waals surface area contributed by atoms with Gasteiger partial charge in [-0.1, -0.05) is 24.3 Å². The maximum absolute atomic E-state index is 12.7. The van der Waals surface area contributed by atoms with E-state index in [1.54, 1.807) is 13.8 Å². The van der Waals surface area contributed by atoms with E-state index in [-0.39, 0.29) is 46.7 Å². The van der Waals surface area contributed by atoms with E-state index in [4.69, 9.17) is 15.2 Å². The van der Waals surface area contributed by atoms with Gasteiger partial charge in [-0.3, -0.25) is 9.59 Å². The van der Waals surface area contributed by atoms with Crippen LogP contribution in [0.25, 0.3) is 11.1 Å². The van der Waals surface area contributed by atoms with Gasteiger partial charge in [0, 0.05) is 6.92 Å². The lowest BCUT2D eigenvalue weighted by Crippen LogP contribution is -2.19. The topological polar surface area (TPSA) is 149 Å². The van der Waals surface area contributed by atoms with Gasteiger partial charge in [-0.25, -0.2) is 9.59 Å². The normalized spacial score (nSPS) is 11.3. The Morgan fingerprint density at radius 3 is 1.80 bits per heavy atom. The summed E-state index contributed by atoms with van der Waals surface area (Å²) in [5, 5.41) is 11.8. The van der Waals surface area contributed by atoms with Crippen molar-refractivity contribution in [3.63, 3.8) is 0 Å². The minimum atomic E-state index is -1.21. The standard InChI is InChI=1S/C21H21N3O6/c1-4-29-20(27)16-13-8-6-12(15(10-22)19(23)26)7-9-14(13)17(21(28)30-5-2)18(16)24-11(3)25/h6-9,15H,4-5H2,1-3H3,(H2,23,26)(H,24,25).